The van der Waals surface area contributed by atoms with Gasteiger partial charge in [-0.25, -0.2) is 0 Å². The Hall–Kier alpha value is -1.11. The van der Waals surface area contributed by atoms with Gasteiger partial charge in [-0.05, 0) is 37.3 Å². The van der Waals surface area contributed by atoms with Gasteiger partial charge in [-0.2, -0.15) is 5.10 Å². The molecule has 0 aliphatic rings. The molecule has 1 aromatic carbocycles. The second-order valence-electron chi connectivity index (χ2n) is 3.76. The minimum Gasteiger partial charge on any atom is -0.331 e. The molecule has 0 aliphatic heterocycles. The van der Waals surface area contributed by atoms with Gasteiger partial charge in [-0.1, -0.05) is 27.5 Å². The molecule has 4 nitrogen and oxygen atoms in total. The smallest absolute Gasteiger partial charge is 0.176 e. The summed E-state index contributed by atoms with van der Waals surface area (Å²) in [4.78, 5) is 0. The Kier molecular flexibility index (Phi) is 4.79. The maximum Gasteiger partial charge on any atom is 0.176 e. The van der Waals surface area contributed by atoms with E-state index in [-0.39, 0.29) is 0 Å². The lowest BCUT2D eigenvalue weighted by Gasteiger charge is -2.10. The molecule has 0 unspecified atom stereocenters. The van der Waals surface area contributed by atoms with E-state index in [1.54, 1.807) is 6.07 Å². The van der Waals surface area contributed by atoms with Crippen LogP contribution < -0.4 is 10.6 Å². The topological polar surface area (TPSA) is 41.9 Å². The van der Waals surface area contributed by atoms with E-state index in [1.807, 2.05) is 36.0 Å². The summed E-state index contributed by atoms with van der Waals surface area (Å²) < 4.78 is 2.74. The van der Waals surface area contributed by atoms with E-state index in [2.05, 4.69) is 31.7 Å². The highest BCUT2D eigenvalue weighted by Gasteiger charge is 2.05. The fourth-order valence-electron chi connectivity index (χ4n) is 1.47. The SMILES string of the molecule is CCn1ccc(NC(=S)Nc2ccc(Br)cc2Cl)n1. The van der Waals surface area contributed by atoms with Crippen molar-refractivity contribution in [1.82, 2.24) is 9.78 Å². The lowest BCUT2D eigenvalue weighted by Crippen LogP contribution is -2.19. The number of anilines is 2. The van der Waals surface area contributed by atoms with Gasteiger partial charge in [0.15, 0.2) is 10.9 Å². The van der Waals surface area contributed by atoms with E-state index in [4.69, 9.17) is 23.8 Å². The number of rotatable bonds is 3. The molecule has 19 heavy (non-hydrogen) atoms. The zero-order chi connectivity index (χ0) is 13.8. The van der Waals surface area contributed by atoms with Crippen molar-refractivity contribution in [1.29, 1.82) is 0 Å². The summed E-state index contributed by atoms with van der Waals surface area (Å²) in [6, 6.07) is 7.41. The summed E-state index contributed by atoms with van der Waals surface area (Å²) in [6.07, 6.45) is 1.89. The second kappa shape index (κ2) is 6.36. The number of nitrogens with one attached hydrogen (secondary N) is 2. The Bertz CT molecular complexity index is 599. The Labute approximate surface area is 130 Å². The quantitative estimate of drug-likeness (QED) is 0.809. The zero-order valence-corrected chi connectivity index (χ0v) is 13.3. The van der Waals surface area contributed by atoms with Gasteiger partial charge in [0, 0.05) is 23.3 Å². The Morgan fingerprint density at radius 2 is 2.21 bits per heavy atom. The summed E-state index contributed by atoms with van der Waals surface area (Å²) in [6.45, 7) is 2.84. The lowest BCUT2D eigenvalue weighted by molar-refractivity contribution is 0.662. The number of halogens is 2. The fraction of sp³-hybridized carbons (Fsp3) is 0.167. The fourth-order valence-corrected chi connectivity index (χ4v) is 2.40. The first-order valence-electron chi connectivity index (χ1n) is 5.65. The largest absolute Gasteiger partial charge is 0.331 e. The van der Waals surface area contributed by atoms with Crippen LogP contribution in [0.2, 0.25) is 5.02 Å². The van der Waals surface area contributed by atoms with Crippen molar-refractivity contribution < 1.29 is 0 Å². The van der Waals surface area contributed by atoms with Crippen LogP contribution in [0.15, 0.2) is 34.9 Å². The predicted molar refractivity (Wildman–Crippen MR) is 86.9 cm³/mol. The van der Waals surface area contributed by atoms with Gasteiger partial charge in [0.25, 0.3) is 0 Å². The molecule has 0 amide bonds. The molecule has 0 radical (unpaired) electrons. The van der Waals surface area contributed by atoms with Crippen LogP contribution in [-0.4, -0.2) is 14.9 Å². The third-order valence-corrected chi connectivity index (χ3v) is 3.40. The zero-order valence-electron chi connectivity index (χ0n) is 10.2. The van der Waals surface area contributed by atoms with Gasteiger partial charge in [0.2, 0.25) is 0 Å². The van der Waals surface area contributed by atoms with Gasteiger partial charge < -0.3 is 10.6 Å². The molecule has 0 saturated carbocycles. The average Bonchev–Trinajstić information content (AvgIpc) is 2.80. The highest BCUT2D eigenvalue weighted by molar-refractivity contribution is 9.10. The molecule has 1 aromatic heterocycles. The third-order valence-electron chi connectivity index (χ3n) is 2.39. The molecule has 1 heterocycles. The van der Waals surface area contributed by atoms with E-state index in [1.165, 1.54) is 0 Å². The highest BCUT2D eigenvalue weighted by atomic mass is 79.9. The lowest BCUT2D eigenvalue weighted by atomic mass is 10.3. The number of hydrogen-bond donors (Lipinski definition) is 2. The van der Waals surface area contributed by atoms with Crippen molar-refractivity contribution in [2.45, 2.75) is 13.5 Å². The van der Waals surface area contributed by atoms with E-state index in [0.717, 1.165) is 16.7 Å². The molecule has 0 bridgehead atoms. The molecule has 0 aliphatic carbocycles. The van der Waals surface area contributed by atoms with Crippen LogP contribution in [0.5, 0.6) is 0 Å². The molecule has 0 fully saturated rings. The summed E-state index contributed by atoms with van der Waals surface area (Å²) in [5, 5.41) is 11.4. The normalized spacial score (nSPS) is 10.3. The van der Waals surface area contributed by atoms with E-state index in [0.29, 0.717) is 16.0 Å². The van der Waals surface area contributed by atoms with Crippen LogP contribution in [0.3, 0.4) is 0 Å². The molecule has 100 valence electrons. The molecule has 0 spiro atoms. The highest BCUT2D eigenvalue weighted by Crippen LogP contribution is 2.25. The predicted octanol–water partition coefficient (Wildman–Crippen LogP) is 4.13. The van der Waals surface area contributed by atoms with Gasteiger partial charge in [0.1, 0.15) is 0 Å². The Morgan fingerprint density at radius 1 is 1.42 bits per heavy atom. The number of nitrogens with zero attached hydrogens (tertiary/aromatic N) is 2. The number of benzene rings is 1. The summed E-state index contributed by atoms with van der Waals surface area (Å²) in [7, 11) is 0. The van der Waals surface area contributed by atoms with Gasteiger partial charge in [0.05, 0.1) is 10.7 Å². The minimum atomic E-state index is 0.450. The van der Waals surface area contributed by atoms with Crippen molar-refractivity contribution in [3.63, 3.8) is 0 Å². The number of aryl methyl sites for hydroxylation is 1. The van der Waals surface area contributed by atoms with Crippen LogP contribution in [-0.2, 0) is 6.54 Å². The molecule has 2 N–H and O–H groups in total. The summed E-state index contributed by atoms with van der Waals surface area (Å²) >= 11 is 14.7. The number of thiocarbonyl (C=S) groups is 1. The maximum atomic E-state index is 6.10. The van der Waals surface area contributed by atoms with Crippen LogP contribution in [0.25, 0.3) is 0 Å². The summed E-state index contributed by atoms with van der Waals surface area (Å²) in [5.74, 6) is 0.701. The van der Waals surface area contributed by atoms with Crippen molar-refractivity contribution >= 4 is 56.4 Å². The first kappa shape index (κ1) is 14.3. The summed E-state index contributed by atoms with van der Waals surface area (Å²) in [5.41, 5.74) is 0.747. The first-order chi connectivity index (χ1) is 9.08. The van der Waals surface area contributed by atoms with Crippen LogP contribution in [0.4, 0.5) is 11.5 Å². The van der Waals surface area contributed by atoms with Crippen molar-refractivity contribution in [3.8, 4) is 0 Å². The van der Waals surface area contributed by atoms with E-state index >= 15 is 0 Å². The number of hydrogen-bond acceptors (Lipinski definition) is 2. The van der Waals surface area contributed by atoms with Crippen LogP contribution >= 0.6 is 39.7 Å². The van der Waals surface area contributed by atoms with Gasteiger partial charge in [-0.15, -0.1) is 0 Å². The van der Waals surface area contributed by atoms with E-state index in [9.17, 15) is 0 Å². The van der Waals surface area contributed by atoms with Crippen LogP contribution in [0.1, 0.15) is 6.92 Å². The van der Waals surface area contributed by atoms with E-state index < -0.39 is 0 Å². The molecule has 2 rings (SSSR count). The second-order valence-corrected chi connectivity index (χ2v) is 5.49. The molecule has 7 heteroatoms. The third kappa shape index (κ3) is 3.92. The minimum absolute atomic E-state index is 0.450. The monoisotopic (exact) mass is 358 g/mol. The molecular formula is C12H12BrClN4S. The molecule has 2 aromatic rings. The average molecular weight is 360 g/mol. The maximum absolute atomic E-state index is 6.10. The standard InChI is InChI=1S/C12H12BrClN4S/c1-2-18-6-5-11(17-18)16-12(19)15-10-4-3-8(13)7-9(10)14/h3-7H,2H2,1H3,(H2,15,16,17,19). The van der Waals surface area contributed by atoms with Crippen molar-refractivity contribution in [3.05, 3.63) is 40.0 Å². The number of aromatic nitrogens is 2. The van der Waals surface area contributed by atoms with Gasteiger partial charge >= 0.3 is 0 Å². The first-order valence-corrected chi connectivity index (χ1v) is 7.23. The van der Waals surface area contributed by atoms with Crippen molar-refractivity contribution in [2.75, 3.05) is 10.6 Å². The molecular weight excluding hydrogens is 348 g/mol. The Morgan fingerprint density at radius 3 is 2.84 bits per heavy atom. The Balaban J connectivity index is 2.01. The van der Waals surface area contributed by atoms with Gasteiger partial charge in [-0.3, -0.25) is 4.68 Å². The molecule has 0 saturated heterocycles. The van der Waals surface area contributed by atoms with Crippen LogP contribution in [0, 0.1) is 0 Å². The van der Waals surface area contributed by atoms with Crippen molar-refractivity contribution in [2.24, 2.45) is 0 Å². The molecule has 0 atom stereocenters.